The standard InChI is InChI=1S/C22H44N2/c1-2-3-4-5-6-7-8-9-10-11-12-13-14-18-21-23-24-22-19-16-15-17-20-22/h23H,2-21H2,1H3. The quantitative estimate of drug-likeness (QED) is 0.231. The summed E-state index contributed by atoms with van der Waals surface area (Å²) < 4.78 is 0. The zero-order valence-corrected chi connectivity index (χ0v) is 16.6. The zero-order chi connectivity index (χ0) is 17.1. The second-order valence-electron chi connectivity index (χ2n) is 7.74. The minimum Gasteiger partial charge on any atom is -0.310 e. The Balaban J connectivity index is 1.70. The summed E-state index contributed by atoms with van der Waals surface area (Å²) in [7, 11) is 0. The number of hydrogen-bond donors (Lipinski definition) is 1. The normalized spacial score (nSPS) is 14.8. The van der Waals surface area contributed by atoms with Crippen LogP contribution in [0.5, 0.6) is 0 Å². The molecule has 0 saturated heterocycles. The van der Waals surface area contributed by atoms with Gasteiger partial charge in [-0.05, 0) is 32.1 Å². The van der Waals surface area contributed by atoms with E-state index in [0.717, 1.165) is 6.54 Å². The van der Waals surface area contributed by atoms with Crippen LogP contribution in [0, 0.1) is 0 Å². The predicted molar refractivity (Wildman–Crippen MR) is 109 cm³/mol. The molecule has 0 amide bonds. The molecule has 1 aliphatic carbocycles. The summed E-state index contributed by atoms with van der Waals surface area (Å²) in [5.41, 5.74) is 4.70. The zero-order valence-electron chi connectivity index (χ0n) is 16.6. The van der Waals surface area contributed by atoms with Crippen LogP contribution in [-0.4, -0.2) is 12.3 Å². The van der Waals surface area contributed by atoms with E-state index in [0.29, 0.717) is 0 Å². The lowest BCUT2D eigenvalue weighted by molar-refractivity contribution is 0.531. The third-order valence-electron chi connectivity index (χ3n) is 5.31. The Hall–Kier alpha value is -0.530. The van der Waals surface area contributed by atoms with E-state index in [9.17, 15) is 0 Å². The van der Waals surface area contributed by atoms with Gasteiger partial charge in [-0.3, -0.25) is 0 Å². The average molecular weight is 337 g/mol. The Kier molecular flexibility index (Phi) is 15.5. The number of hydrazone groups is 1. The van der Waals surface area contributed by atoms with Crippen LogP contribution in [0.25, 0.3) is 0 Å². The molecule has 0 aliphatic heterocycles. The van der Waals surface area contributed by atoms with E-state index < -0.39 is 0 Å². The largest absolute Gasteiger partial charge is 0.310 e. The third-order valence-corrected chi connectivity index (χ3v) is 5.31. The minimum absolute atomic E-state index is 1.07. The van der Waals surface area contributed by atoms with Crippen LogP contribution >= 0.6 is 0 Å². The van der Waals surface area contributed by atoms with E-state index in [2.05, 4.69) is 17.5 Å². The highest BCUT2D eigenvalue weighted by atomic mass is 15.3. The summed E-state index contributed by atoms with van der Waals surface area (Å²) in [5.74, 6) is 0. The molecule has 0 aromatic heterocycles. The van der Waals surface area contributed by atoms with Crippen LogP contribution in [0.4, 0.5) is 0 Å². The van der Waals surface area contributed by atoms with Crippen LogP contribution in [-0.2, 0) is 0 Å². The molecule has 1 aliphatic rings. The molecule has 0 radical (unpaired) electrons. The molecule has 0 aromatic rings. The van der Waals surface area contributed by atoms with Crippen LogP contribution in [0.2, 0.25) is 0 Å². The maximum atomic E-state index is 4.55. The first-order valence-corrected chi connectivity index (χ1v) is 11.2. The van der Waals surface area contributed by atoms with Gasteiger partial charge in [0, 0.05) is 12.3 Å². The van der Waals surface area contributed by atoms with Crippen LogP contribution in [0.1, 0.15) is 129 Å². The minimum atomic E-state index is 1.07. The number of unbranched alkanes of at least 4 members (excludes halogenated alkanes) is 13. The average Bonchev–Trinajstić information content (AvgIpc) is 2.62. The smallest absolute Gasteiger partial charge is 0.0378 e. The van der Waals surface area contributed by atoms with Gasteiger partial charge < -0.3 is 5.43 Å². The van der Waals surface area contributed by atoms with E-state index >= 15 is 0 Å². The Morgan fingerprint density at radius 1 is 0.625 bits per heavy atom. The van der Waals surface area contributed by atoms with Crippen molar-refractivity contribution in [2.24, 2.45) is 5.10 Å². The van der Waals surface area contributed by atoms with Gasteiger partial charge >= 0.3 is 0 Å². The van der Waals surface area contributed by atoms with E-state index in [1.807, 2.05) is 0 Å². The highest BCUT2D eigenvalue weighted by Gasteiger charge is 2.05. The molecule has 0 bridgehead atoms. The highest BCUT2D eigenvalue weighted by molar-refractivity contribution is 5.84. The fourth-order valence-electron chi connectivity index (χ4n) is 3.64. The molecular weight excluding hydrogens is 292 g/mol. The van der Waals surface area contributed by atoms with E-state index in [4.69, 9.17) is 0 Å². The molecule has 1 rings (SSSR count). The van der Waals surface area contributed by atoms with E-state index in [1.54, 1.807) is 0 Å². The monoisotopic (exact) mass is 336 g/mol. The lowest BCUT2D eigenvalue weighted by atomic mass is 9.99. The molecule has 0 spiro atoms. The molecule has 0 atom stereocenters. The molecule has 142 valence electrons. The van der Waals surface area contributed by atoms with Crippen molar-refractivity contribution in [1.29, 1.82) is 0 Å². The molecule has 0 unspecified atom stereocenters. The molecule has 1 fully saturated rings. The van der Waals surface area contributed by atoms with Gasteiger partial charge in [-0.15, -0.1) is 0 Å². The Bertz CT molecular complexity index is 278. The first-order valence-electron chi connectivity index (χ1n) is 11.2. The van der Waals surface area contributed by atoms with Crippen molar-refractivity contribution >= 4 is 5.71 Å². The summed E-state index contributed by atoms with van der Waals surface area (Å²) in [5, 5.41) is 4.55. The molecule has 0 heterocycles. The number of nitrogens with zero attached hydrogens (tertiary/aromatic N) is 1. The van der Waals surface area contributed by atoms with Crippen LogP contribution in [0.15, 0.2) is 5.10 Å². The third kappa shape index (κ3) is 13.9. The lowest BCUT2D eigenvalue weighted by Crippen LogP contribution is -2.14. The Morgan fingerprint density at radius 3 is 1.58 bits per heavy atom. The molecule has 1 saturated carbocycles. The van der Waals surface area contributed by atoms with Crippen molar-refractivity contribution in [3.63, 3.8) is 0 Å². The summed E-state index contributed by atoms with van der Waals surface area (Å²) in [6, 6.07) is 0. The highest BCUT2D eigenvalue weighted by Crippen LogP contribution is 2.14. The van der Waals surface area contributed by atoms with Crippen molar-refractivity contribution in [2.45, 2.75) is 129 Å². The van der Waals surface area contributed by atoms with E-state index in [1.165, 1.54) is 128 Å². The second kappa shape index (κ2) is 17.3. The van der Waals surface area contributed by atoms with Gasteiger partial charge in [0.05, 0.1) is 0 Å². The molecule has 0 aromatic carbocycles. The number of rotatable bonds is 16. The summed E-state index contributed by atoms with van der Waals surface area (Å²) >= 11 is 0. The second-order valence-corrected chi connectivity index (χ2v) is 7.74. The molecule has 2 nitrogen and oxygen atoms in total. The molecule has 2 heteroatoms. The van der Waals surface area contributed by atoms with Crippen molar-refractivity contribution < 1.29 is 0 Å². The Morgan fingerprint density at radius 2 is 1.08 bits per heavy atom. The summed E-state index contributed by atoms with van der Waals surface area (Å²) in [6.07, 6.45) is 26.6. The first-order chi connectivity index (χ1) is 11.9. The summed E-state index contributed by atoms with van der Waals surface area (Å²) in [6.45, 7) is 3.37. The lowest BCUT2D eigenvalue weighted by Gasteiger charge is -2.12. The van der Waals surface area contributed by atoms with Crippen molar-refractivity contribution in [1.82, 2.24) is 5.43 Å². The predicted octanol–water partition coefficient (Wildman–Crippen LogP) is 7.38. The van der Waals surface area contributed by atoms with Crippen LogP contribution in [0.3, 0.4) is 0 Å². The van der Waals surface area contributed by atoms with Gasteiger partial charge in [-0.25, -0.2) is 0 Å². The molecule has 24 heavy (non-hydrogen) atoms. The molecular formula is C22H44N2. The maximum Gasteiger partial charge on any atom is 0.0378 e. The van der Waals surface area contributed by atoms with Crippen molar-refractivity contribution in [3.8, 4) is 0 Å². The van der Waals surface area contributed by atoms with Crippen molar-refractivity contribution in [3.05, 3.63) is 0 Å². The fourth-order valence-corrected chi connectivity index (χ4v) is 3.64. The van der Waals surface area contributed by atoms with Crippen molar-refractivity contribution in [2.75, 3.05) is 6.54 Å². The van der Waals surface area contributed by atoms with Gasteiger partial charge in [0.25, 0.3) is 0 Å². The first kappa shape index (κ1) is 21.5. The van der Waals surface area contributed by atoms with Crippen LogP contribution < -0.4 is 5.43 Å². The molecule has 1 N–H and O–H groups in total. The van der Waals surface area contributed by atoms with Gasteiger partial charge in [-0.1, -0.05) is 96.8 Å². The topological polar surface area (TPSA) is 24.4 Å². The van der Waals surface area contributed by atoms with Gasteiger partial charge in [0.1, 0.15) is 0 Å². The number of hydrogen-bond acceptors (Lipinski definition) is 2. The number of nitrogens with one attached hydrogen (secondary N) is 1. The van der Waals surface area contributed by atoms with Gasteiger partial charge in [-0.2, -0.15) is 5.10 Å². The van der Waals surface area contributed by atoms with E-state index in [-0.39, 0.29) is 0 Å². The van der Waals surface area contributed by atoms with Gasteiger partial charge in [0.15, 0.2) is 0 Å². The maximum absolute atomic E-state index is 4.55. The summed E-state index contributed by atoms with van der Waals surface area (Å²) in [4.78, 5) is 0. The van der Waals surface area contributed by atoms with Gasteiger partial charge in [0.2, 0.25) is 0 Å². The Labute approximate surface area is 152 Å². The SMILES string of the molecule is CCCCCCCCCCCCCCCCNN=C1CCCCC1. The fraction of sp³-hybridized carbons (Fsp3) is 0.955.